The van der Waals surface area contributed by atoms with E-state index < -0.39 is 0 Å². The summed E-state index contributed by atoms with van der Waals surface area (Å²) in [5.41, 5.74) is 6.52. The van der Waals surface area contributed by atoms with Crippen molar-refractivity contribution in [2.45, 2.75) is 38.1 Å². The summed E-state index contributed by atoms with van der Waals surface area (Å²) < 4.78 is 0. The van der Waals surface area contributed by atoms with Gasteiger partial charge in [-0.3, -0.25) is 10.9 Å². The molecule has 3 heteroatoms. The summed E-state index contributed by atoms with van der Waals surface area (Å²) in [4.78, 5) is 0. The minimum atomic E-state index is 0.649. The van der Waals surface area contributed by atoms with Crippen LogP contribution in [0.5, 0.6) is 0 Å². The minimum Gasteiger partial charge on any atom is -0.258 e. The van der Waals surface area contributed by atoms with Crippen molar-refractivity contribution in [3.63, 3.8) is 0 Å². The van der Waals surface area contributed by atoms with E-state index in [4.69, 9.17) is 11.6 Å². The fraction of sp³-hybridized carbons (Fsp3) is 1.00. The second-order valence-corrected chi connectivity index (χ2v) is 3.47. The molecule has 1 aliphatic rings. The Morgan fingerprint density at radius 3 is 3.09 bits per heavy atom. The van der Waals surface area contributed by atoms with Crippen molar-refractivity contribution in [2.24, 2.45) is 0 Å². The lowest BCUT2D eigenvalue weighted by Gasteiger charge is -2.14. The van der Waals surface area contributed by atoms with E-state index in [-0.39, 0.29) is 0 Å². The first-order valence-corrected chi connectivity index (χ1v) is 5.01. The minimum absolute atomic E-state index is 0.649. The van der Waals surface area contributed by atoms with Crippen LogP contribution in [0.1, 0.15) is 32.1 Å². The zero-order valence-corrected chi connectivity index (χ0v) is 7.66. The number of rotatable bonds is 3. The molecular formula is C8H17ClN2. The molecule has 0 aromatic heterocycles. The smallest absolute Gasteiger partial charge is 0.0224 e. The van der Waals surface area contributed by atoms with Gasteiger partial charge in [-0.25, -0.2) is 0 Å². The molecule has 1 atom stereocenters. The van der Waals surface area contributed by atoms with Crippen LogP contribution >= 0.6 is 11.6 Å². The normalized spacial score (nSPS) is 26.5. The quantitative estimate of drug-likeness (QED) is 0.640. The van der Waals surface area contributed by atoms with Crippen molar-refractivity contribution >= 4 is 11.6 Å². The molecule has 0 bridgehead atoms. The van der Waals surface area contributed by atoms with Gasteiger partial charge in [-0.05, 0) is 25.7 Å². The Hall–Kier alpha value is 0.210. The molecule has 1 aliphatic heterocycles. The largest absolute Gasteiger partial charge is 0.258 e. The zero-order chi connectivity index (χ0) is 7.94. The van der Waals surface area contributed by atoms with Gasteiger partial charge in [0.05, 0.1) is 0 Å². The van der Waals surface area contributed by atoms with Crippen molar-refractivity contribution in [2.75, 3.05) is 12.4 Å². The van der Waals surface area contributed by atoms with Crippen molar-refractivity contribution in [1.29, 1.82) is 0 Å². The van der Waals surface area contributed by atoms with Crippen molar-refractivity contribution < 1.29 is 0 Å². The van der Waals surface area contributed by atoms with E-state index in [2.05, 4.69) is 10.9 Å². The maximum atomic E-state index is 5.61. The molecular weight excluding hydrogens is 160 g/mol. The highest BCUT2D eigenvalue weighted by Gasteiger charge is 2.09. The van der Waals surface area contributed by atoms with Crippen LogP contribution < -0.4 is 10.9 Å². The van der Waals surface area contributed by atoms with E-state index in [1.54, 1.807) is 0 Å². The number of alkyl halides is 1. The van der Waals surface area contributed by atoms with Crippen LogP contribution in [-0.4, -0.2) is 18.5 Å². The number of hydrazine groups is 1. The van der Waals surface area contributed by atoms with Gasteiger partial charge in [0, 0.05) is 18.5 Å². The average molecular weight is 177 g/mol. The molecule has 66 valence electrons. The Morgan fingerprint density at radius 1 is 1.36 bits per heavy atom. The SMILES string of the molecule is ClCCCC1CCCCNN1. The Morgan fingerprint density at radius 2 is 2.27 bits per heavy atom. The molecule has 0 aromatic rings. The summed E-state index contributed by atoms with van der Waals surface area (Å²) in [5.74, 6) is 0.790. The summed E-state index contributed by atoms with van der Waals surface area (Å²) in [6.45, 7) is 1.11. The van der Waals surface area contributed by atoms with Crippen LogP contribution in [0.3, 0.4) is 0 Å². The molecule has 2 N–H and O–H groups in total. The van der Waals surface area contributed by atoms with Gasteiger partial charge in [-0.1, -0.05) is 6.42 Å². The number of halogens is 1. The van der Waals surface area contributed by atoms with E-state index in [1.807, 2.05) is 0 Å². The monoisotopic (exact) mass is 176 g/mol. The number of hydrogen-bond acceptors (Lipinski definition) is 2. The van der Waals surface area contributed by atoms with Crippen LogP contribution in [0.4, 0.5) is 0 Å². The predicted octanol–water partition coefficient (Wildman–Crippen LogP) is 1.65. The third kappa shape index (κ3) is 3.94. The molecule has 0 aliphatic carbocycles. The van der Waals surface area contributed by atoms with E-state index >= 15 is 0 Å². The molecule has 0 radical (unpaired) electrons. The molecule has 1 saturated heterocycles. The van der Waals surface area contributed by atoms with Crippen LogP contribution in [-0.2, 0) is 0 Å². The molecule has 0 amide bonds. The van der Waals surface area contributed by atoms with Gasteiger partial charge < -0.3 is 0 Å². The van der Waals surface area contributed by atoms with Gasteiger partial charge in [-0.2, -0.15) is 0 Å². The molecule has 2 nitrogen and oxygen atoms in total. The first-order chi connectivity index (χ1) is 5.43. The fourth-order valence-corrected chi connectivity index (χ4v) is 1.59. The Balaban J connectivity index is 2.09. The van der Waals surface area contributed by atoms with Crippen LogP contribution in [0.2, 0.25) is 0 Å². The highest BCUT2D eigenvalue weighted by Crippen LogP contribution is 2.08. The molecule has 1 fully saturated rings. The fourth-order valence-electron chi connectivity index (χ4n) is 1.43. The van der Waals surface area contributed by atoms with Crippen molar-refractivity contribution in [3.8, 4) is 0 Å². The maximum Gasteiger partial charge on any atom is 0.0224 e. The number of nitrogens with one attached hydrogen (secondary N) is 2. The van der Waals surface area contributed by atoms with Gasteiger partial charge in [0.2, 0.25) is 0 Å². The lowest BCUT2D eigenvalue weighted by molar-refractivity contribution is 0.421. The van der Waals surface area contributed by atoms with E-state index in [9.17, 15) is 0 Å². The summed E-state index contributed by atoms with van der Waals surface area (Å²) in [5, 5.41) is 0. The second-order valence-electron chi connectivity index (χ2n) is 3.10. The van der Waals surface area contributed by atoms with Gasteiger partial charge in [-0.15, -0.1) is 11.6 Å². The van der Waals surface area contributed by atoms with Crippen molar-refractivity contribution in [1.82, 2.24) is 10.9 Å². The van der Waals surface area contributed by atoms with Gasteiger partial charge in [0.1, 0.15) is 0 Å². The Kier molecular flexibility index (Phi) is 4.91. The standard InChI is InChI=1S/C8H17ClN2/c9-6-3-5-8-4-1-2-7-10-11-8/h8,10-11H,1-7H2. The van der Waals surface area contributed by atoms with E-state index in [0.29, 0.717) is 6.04 Å². The molecule has 1 unspecified atom stereocenters. The molecule has 1 heterocycles. The molecule has 11 heavy (non-hydrogen) atoms. The van der Waals surface area contributed by atoms with E-state index in [1.165, 1.54) is 25.7 Å². The summed E-state index contributed by atoms with van der Waals surface area (Å²) in [7, 11) is 0. The topological polar surface area (TPSA) is 24.1 Å². The van der Waals surface area contributed by atoms with Gasteiger partial charge in [0.25, 0.3) is 0 Å². The third-order valence-corrected chi connectivity index (χ3v) is 2.36. The lowest BCUT2D eigenvalue weighted by atomic mass is 10.1. The predicted molar refractivity (Wildman–Crippen MR) is 48.7 cm³/mol. The average Bonchev–Trinajstić information content (AvgIpc) is 2.28. The second kappa shape index (κ2) is 5.81. The van der Waals surface area contributed by atoms with Crippen molar-refractivity contribution in [3.05, 3.63) is 0 Å². The molecule has 0 spiro atoms. The summed E-state index contributed by atoms with van der Waals surface area (Å²) in [6, 6.07) is 0.649. The zero-order valence-electron chi connectivity index (χ0n) is 6.91. The highest BCUT2D eigenvalue weighted by molar-refractivity contribution is 6.17. The van der Waals surface area contributed by atoms with Crippen LogP contribution in [0.15, 0.2) is 0 Å². The summed E-state index contributed by atoms with van der Waals surface area (Å²) >= 11 is 5.61. The van der Waals surface area contributed by atoms with Crippen LogP contribution in [0, 0.1) is 0 Å². The first-order valence-electron chi connectivity index (χ1n) is 4.48. The first kappa shape index (κ1) is 9.30. The molecule has 1 rings (SSSR count). The third-order valence-electron chi connectivity index (χ3n) is 2.10. The van der Waals surface area contributed by atoms with E-state index in [0.717, 1.165) is 18.8 Å². The molecule has 0 saturated carbocycles. The Labute approximate surface area is 73.7 Å². The summed E-state index contributed by atoms with van der Waals surface area (Å²) in [6.07, 6.45) is 6.26. The Bertz CT molecular complexity index is 90.1. The van der Waals surface area contributed by atoms with Gasteiger partial charge >= 0.3 is 0 Å². The maximum absolute atomic E-state index is 5.61. The number of hydrogen-bond donors (Lipinski definition) is 2. The molecule has 0 aromatic carbocycles. The highest BCUT2D eigenvalue weighted by atomic mass is 35.5. The lowest BCUT2D eigenvalue weighted by Crippen LogP contribution is -2.39. The van der Waals surface area contributed by atoms with Gasteiger partial charge in [0.15, 0.2) is 0 Å². The van der Waals surface area contributed by atoms with Crippen LogP contribution in [0.25, 0.3) is 0 Å².